The molecule has 0 aliphatic heterocycles. The van der Waals surface area contributed by atoms with Crippen LogP contribution >= 0.6 is 0 Å². The van der Waals surface area contributed by atoms with Gasteiger partial charge in [-0.1, -0.05) is 96.5 Å². The fourth-order valence-electron chi connectivity index (χ4n) is 3.58. The van der Waals surface area contributed by atoms with Crippen LogP contribution in [0.15, 0.2) is 12.7 Å². The van der Waals surface area contributed by atoms with Crippen molar-refractivity contribution in [2.24, 2.45) is 0 Å². The number of rotatable bonds is 24. The first-order valence-corrected chi connectivity index (χ1v) is 13.1. The minimum absolute atomic E-state index is 0.144. The van der Waals surface area contributed by atoms with Crippen molar-refractivity contribution in [1.29, 1.82) is 0 Å². The van der Waals surface area contributed by atoms with E-state index in [0.29, 0.717) is 38.9 Å². The third-order valence-corrected chi connectivity index (χ3v) is 5.59. The van der Waals surface area contributed by atoms with Gasteiger partial charge in [0.15, 0.2) is 0 Å². The minimum Gasteiger partial charge on any atom is -0.466 e. The van der Waals surface area contributed by atoms with Gasteiger partial charge in [0.1, 0.15) is 0 Å². The van der Waals surface area contributed by atoms with E-state index in [2.05, 4.69) is 13.5 Å². The number of carbonyl (C=O) groups excluding carboxylic acids is 2. The van der Waals surface area contributed by atoms with Gasteiger partial charge in [-0.3, -0.25) is 9.59 Å². The van der Waals surface area contributed by atoms with Gasteiger partial charge in [0, 0.05) is 12.8 Å². The number of esters is 2. The molecule has 0 aliphatic rings. The Kier molecular flexibility index (Phi) is 23.9. The van der Waals surface area contributed by atoms with E-state index >= 15 is 0 Å². The molecule has 0 amide bonds. The SMILES string of the molecule is C=CCCCOC(=O)CCCCC(=O)OCCCCCCCCCCCCCCCC. The molecule has 0 N–H and O–H groups in total. The van der Waals surface area contributed by atoms with Crippen LogP contribution < -0.4 is 0 Å². The van der Waals surface area contributed by atoms with Crippen molar-refractivity contribution in [2.75, 3.05) is 13.2 Å². The maximum Gasteiger partial charge on any atom is 0.305 e. The van der Waals surface area contributed by atoms with Crippen LogP contribution in [0.3, 0.4) is 0 Å². The molecule has 0 atom stereocenters. The van der Waals surface area contributed by atoms with Crippen molar-refractivity contribution >= 4 is 11.9 Å². The number of ether oxygens (including phenoxy) is 2. The van der Waals surface area contributed by atoms with Gasteiger partial charge < -0.3 is 9.47 Å². The summed E-state index contributed by atoms with van der Waals surface area (Å²) in [6.07, 6.45) is 24.2. The van der Waals surface area contributed by atoms with Gasteiger partial charge in [0.05, 0.1) is 13.2 Å². The van der Waals surface area contributed by atoms with Crippen molar-refractivity contribution in [2.45, 2.75) is 135 Å². The summed E-state index contributed by atoms with van der Waals surface area (Å²) in [7, 11) is 0. The Balaban J connectivity index is 3.24. The zero-order valence-corrected chi connectivity index (χ0v) is 20.5. The quantitative estimate of drug-likeness (QED) is 0.0868. The molecule has 0 radical (unpaired) electrons. The highest BCUT2D eigenvalue weighted by molar-refractivity contribution is 5.70. The molecule has 0 saturated carbocycles. The first-order chi connectivity index (χ1) is 15.2. The lowest BCUT2D eigenvalue weighted by Crippen LogP contribution is -2.08. The summed E-state index contributed by atoms with van der Waals surface area (Å²) < 4.78 is 10.4. The minimum atomic E-state index is -0.181. The molecule has 0 fully saturated rings. The van der Waals surface area contributed by atoms with Crippen LogP contribution in [0.5, 0.6) is 0 Å². The number of allylic oxidation sites excluding steroid dienone is 1. The van der Waals surface area contributed by atoms with Crippen LogP contribution in [-0.2, 0) is 19.1 Å². The molecular weight excluding hydrogens is 388 g/mol. The Hall–Kier alpha value is -1.32. The van der Waals surface area contributed by atoms with E-state index < -0.39 is 0 Å². The average Bonchev–Trinajstić information content (AvgIpc) is 2.77. The number of hydrogen-bond acceptors (Lipinski definition) is 4. The summed E-state index contributed by atoms with van der Waals surface area (Å²) in [5, 5.41) is 0. The van der Waals surface area contributed by atoms with Gasteiger partial charge in [0.2, 0.25) is 0 Å². The van der Waals surface area contributed by atoms with Crippen LogP contribution in [0.2, 0.25) is 0 Å². The molecule has 0 aromatic carbocycles. The summed E-state index contributed by atoms with van der Waals surface area (Å²) >= 11 is 0. The molecule has 0 heterocycles. The molecule has 31 heavy (non-hydrogen) atoms. The Labute approximate surface area is 192 Å². The highest BCUT2D eigenvalue weighted by atomic mass is 16.5. The Morgan fingerprint density at radius 1 is 0.581 bits per heavy atom. The number of unbranched alkanes of at least 4 members (excludes halogenated alkanes) is 15. The van der Waals surface area contributed by atoms with E-state index in [-0.39, 0.29) is 11.9 Å². The van der Waals surface area contributed by atoms with E-state index in [1.807, 2.05) is 6.08 Å². The molecule has 0 rings (SSSR count). The molecule has 0 spiro atoms. The van der Waals surface area contributed by atoms with Crippen molar-refractivity contribution in [3.05, 3.63) is 12.7 Å². The molecule has 0 aliphatic carbocycles. The molecule has 0 aromatic rings. The van der Waals surface area contributed by atoms with Crippen LogP contribution in [0.1, 0.15) is 135 Å². The predicted molar refractivity (Wildman–Crippen MR) is 130 cm³/mol. The fraction of sp³-hybridized carbons (Fsp3) is 0.852. The summed E-state index contributed by atoms with van der Waals surface area (Å²) in [5.74, 6) is -0.325. The summed E-state index contributed by atoms with van der Waals surface area (Å²) in [5.41, 5.74) is 0. The van der Waals surface area contributed by atoms with Gasteiger partial charge in [-0.2, -0.15) is 0 Å². The van der Waals surface area contributed by atoms with Gasteiger partial charge in [-0.25, -0.2) is 0 Å². The Bertz CT molecular complexity index is 419. The molecular formula is C27H50O4. The van der Waals surface area contributed by atoms with Crippen molar-refractivity contribution < 1.29 is 19.1 Å². The lowest BCUT2D eigenvalue weighted by atomic mass is 10.0. The first kappa shape index (κ1) is 29.7. The molecule has 4 nitrogen and oxygen atoms in total. The third-order valence-electron chi connectivity index (χ3n) is 5.59. The zero-order chi connectivity index (χ0) is 22.8. The lowest BCUT2D eigenvalue weighted by molar-refractivity contribution is -0.146. The maximum atomic E-state index is 11.7. The highest BCUT2D eigenvalue weighted by Crippen LogP contribution is 2.13. The third kappa shape index (κ3) is 24.8. The number of hydrogen-bond donors (Lipinski definition) is 0. The zero-order valence-electron chi connectivity index (χ0n) is 20.5. The molecule has 0 bridgehead atoms. The van der Waals surface area contributed by atoms with E-state index in [1.54, 1.807) is 0 Å². The first-order valence-electron chi connectivity index (χ1n) is 13.1. The smallest absolute Gasteiger partial charge is 0.305 e. The predicted octanol–water partition coefficient (Wildman–Crippen LogP) is 8.08. The van der Waals surface area contributed by atoms with Crippen molar-refractivity contribution in [3.8, 4) is 0 Å². The molecule has 4 heteroatoms. The summed E-state index contributed by atoms with van der Waals surface area (Å²) in [6, 6.07) is 0. The topological polar surface area (TPSA) is 52.6 Å². The molecule has 0 aromatic heterocycles. The fourth-order valence-corrected chi connectivity index (χ4v) is 3.58. The van der Waals surface area contributed by atoms with Crippen LogP contribution in [-0.4, -0.2) is 25.2 Å². The molecule has 0 saturated heterocycles. The van der Waals surface area contributed by atoms with Crippen molar-refractivity contribution in [3.63, 3.8) is 0 Å². The van der Waals surface area contributed by atoms with Crippen LogP contribution in [0.25, 0.3) is 0 Å². The molecule has 0 unspecified atom stereocenters. The Morgan fingerprint density at radius 2 is 0.968 bits per heavy atom. The second kappa shape index (κ2) is 24.9. The van der Waals surface area contributed by atoms with Gasteiger partial charge in [-0.05, 0) is 32.1 Å². The van der Waals surface area contributed by atoms with Gasteiger partial charge in [-0.15, -0.1) is 6.58 Å². The highest BCUT2D eigenvalue weighted by Gasteiger charge is 2.06. The normalized spacial score (nSPS) is 10.7. The summed E-state index contributed by atoms with van der Waals surface area (Å²) in [6.45, 7) is 6.88. The van der Waals surface area contributed by atoms with Crippen LogP contribution in [0.4, 0.5) is 0 Å². The monoisotopic (exact) mass is 438 g/mol. The van der Waals surface area contributed by atoms with E-state index in [0.717, 1.165) is 25.7 Å². The van der Waals surface area contributed by atoms with E-state index in [1.165, 1.54) is 77.0 Å². The lowest BCUT2D eigenvalue weighted by Gasteiger charge is -2.06. The van der Waals surface area contributed by atoms with Gasteiger partial charge >= 0.3 is 11.9 Å². The van der Waals surface area contributed by atoms with Crippen molar-refractivity contribution in [1.82, 2.24) is 0 Å². The van der Waals surface area contributed by atoms with E-state index in [4.69, 9.17) is 9.47 Å². The molecule has 182 valence electrons. The average molecular weight is 439 g/mol. The standard InChI is InChI=1S/C27H50O4/c1-3-5-7-8-9-10-11-12-13-14-15-16-17-21-25-31-27(29)23-19-18-22-26(28)30-24-20-6-4-2/h4H,2-3,5-25H2,1H3. The summed E-state index contributed by atoms with van der Waals surface area (Å²) in [4.78, 5) is 23.2. The maximum absolute atomic E-state index is 11.7. The second-order valence-electron chi connectivity index (χ2n) is 8.68. The van der Waals surface area contributed by atoms with Gasteiger partial charge in [0.25, 0.3) is 0 Å². The number of carbonyl (C=O) groups is 2. The Morgan fingerprint density at radius 3 is 1.39 bits per heavy atom. The van der Waals surface area contributed by atoms with Crippen LogP contribution in [0, 0.1) is 0 Å². The second-order valence-corrected chi connectivity index (χ2v) is 8.68. The largest absolute Gasteiger partial charge is 0.466 e. The van der Waals surface area contributed by atoms with E-state index in [9.17, 15) is 9.59 Å².